The van der Waals surface area contributed by atoms with Crippen LogP contribution < -0.4 is 4.90 Å². The molecule has 3 rings (SSSR count). The molecule has 0 radical (unpaired) electrons. The molecule has 96 valence electrons. The number of H-pyrrole nitrogens is 1. The molecule has 0 aromatic carbocycles. The zero-order valence-electron chi connectivity index (χ0n) is 10.1. The first-order chi connectivity index (χ1) is 8.74. The lowest BCUT2D eigenvalue weighted by atomic mass is 10.3. The van der Waals surface area contributed by atoms with Crippen molar-refractivity contribution in [3.05, 3.63) is 11.5 Å². The van der Waals surface area contributed by atoms with Crippen LogP contribution in [0.2, 0.25) is 5.28 Å². The van der Waals surface area contributed by atoms with Gasteiger partial charge >= 0.3 is 0 Å². The van der Waals surface area contributed by atoms with Crippen LogP contribution in [-0.2, 0) is 4.74 Å². The summed E-state index contributed by atoms with van der Waals surface area (Å²) in [5.41, 5.74) is 0.669. The van der Waals surface area contributed by atoms with Crippen molar-refractivity contribution >= 4 is 28.5 Å². The highest BCUT2D eigenvalue weighted by molar-refractivity contribution is 6.28. The van der Waals surface area contributed by atoms with E-state index in [1.807, 2.05) is 0 Å². The average Bonchev–Trinajstić information content (AvgIpc) is 2.69. The van der Waals surface area contributed by atoms with Crippen molar-refractivity contribution in [2.24, 2.45) is 0 Å². The van der Waals surface area contributed by atoms with E-state index in [-0.39, 0.29) is 11.4 Å². The van der Waals surface area contributed by atoms with E-state index in [0.29, 0.717) is 5.65 Å². The fraction of sp³-hybridized carbons (Fsp3) is 0.545. The second-order valence-corrected chi connectivity index (χ2v) is 4.77. The van der Waals surface area contributed by atoms with E-state index in [1.165, 1.54) is 0 Å². The predicted molar refractivity (Wildman–Crippen MR) is 68.9 cm³/mol. The summed E-state index contributed by atoms with van der Waals surface area (Å²) in [5.74, 6) is 0.830. The van der Waals surface area contributed by atoms with Crippen LogP contribution in [0.5, 0.6) is 0 Å². The Morgan fingerprint density at radius 2 is 2.39 bits per heavy atom. The summed E-state index contributed by atoms with van der Waals surface area (Å²) < 4.78 is 5.64. The third-order valence-corrected chi connectivity index (χ3v) is 3.18. The third-order valence-electron chi connectivity index (χ3n) is 3.01. The average molecular weight is 268 g/mol. The first kappa shape index (κ1) is 11.7. The number of hydrogen-bond acceptors (Lipinski definition) is 5. The van der Waals surface area contributed by atoms with Gasteiger partial charge in [-0.3, -0.25) is 5.10 Å². The molecule has 7 heteroatoms. The molecule has 0 bridgehead atoms. The number of hydrogen-bond donors (Lipinski definition) is 1. The van der Waals surface area contributed by atoms with Gasteiger partial charge in [0.25, 0.3) is 0 Å². The van der Waals surface area contributed by atoms with Gasteiger partial charge in [-0.1, -0.05) is 0 Å². The molecule has 1 saturated heterocycles. The molecular weight excluding hydrogens is 254 g/mol. The van der Waals surface area contributed by atoms with Crippen molar-refractivity contribution < 1.29 is 4.74 Å². The fourth-order valence-electron chi connectivity index (χ4n) is 2.22. The lowest BCUT2D eigenvalue weighted by molar-refractivity contribution is 0.0820. The number of fused-ring (bicyclic) bond motifs is 1. The number of nitrogens with one attached hydrogen (secondary N) is 1. The van der Waals surface area contributed by atoms with Crippen molar-refractivity contribution in [1.29, 1.82) is 0 Å². The van der Waals surface area contributed by atoms with Gasteiger partial charge in [0.1, 0.15) is 5.82 Å². The SMILES string of the molecule is CC1CN(c2nc(Cl)nc3[nH]ncc23)CCCO1. The molecule has 0 saturated carbocycles. The van der Waals surface area contributed by atoms with Gasteiger partial charge in [0.15, 0.2) is 5.65 Å². The van der Waals surface area contributed by atoms with E-state index in [9.17, 15) is 0 Å². The summed E-state index contributed by atoms with van der Waals surface area (Å²) in [6.45, 7) is 4.55. The highest BCUT2D eigenvalue weighted by atomic mass is 35.5. The normalized spacial score (nSPS) is 21.2. The second kappa shape index (κ2) is 4.70. The van der Waals surface area contributed by atoms with Crippen LogP contribution in [-0.4, -0.2) is 46.0 Å². The van der Waals surface area contributed by atoms with Crippen molar-refractivity contribution in [3.63, 3.8) is 0 Å². The Kier molecular flexibility index (Phi) is 3.05. The van der Waals surface area contributed by atoms with Crippen LogP contribution in [0.15, 0.2) is 6.20 Å². The lowest BCUT2D eigenvalue weighted by Gasteiger charge is -2.23. The van der Waals surface area contributed by atoms with Gasteiger partial charge in [-0.05, 0) is 24.9 Å². The van der Waals surface area contributed by atoms with Crippen LogP contribution >= 0.6 is 11.6 Å². The zero-order chi connectivity index (χ0) is 12.5. The number of anilines is 1. The van der Waals surface area contributed by atoms with E-state index >= 15 is 0 Å². The summed E-state index contributed by atoms with van der Waals surface area (Å²) >= 11 is 5.95. The fourth-order valence-corrected chi connectivity index (χ4v) is 2.39. The topological polar surface area (TPSA) is 66.9 Å². The molecule has 1 aliphatic heterocycles. The highest BCUT2D eigenvalue weighted by Crippen LogP contribution is 2.25. The summed E-state index contributed by atoms with van der Waals surface area (Å²) in [7, 11) is 0. The van der Waals surface area contributed by atoms with Crippen LogP contribution in [0, 0.1) is 0 Å². The highest BCUT2D eigenvalue weighted by Gasteiger charge is 2.20. The molecule has 1 N–H and O–H groups in total. The summed E-state index contributed by atoms with van der Waals surface area (Å²) in [4.78, 5) is 10.6. The number of halogens is 1. The Labute approximate surface area is 109 Å². The molecule has 2 aromatic rings. The molecule has 3 heterocycles. The number of aromatic amines is 1. The minimum Gasteiger partial charge on any atom is -0.377 e. The Bertz CT molecular complexity index is 557. The van der Waals surface area contributed by atoms with Gasteiger partial charge in [0.05, 0.1) is 17.7 Å². The Morgan fingerprint density at radius 3 is 3.28 bits per heavy atom. The molecular formula is C11H14ClN5O. The minimum atomic E-state index is 0.184. The van der Waals surface area contributed by atoms with Gasteiger partial charge in [-0.25, -0.2) is 0 Å². The molecule has 0 aliphatic carbocycles. The van der Waals surface area contributed by atoms with Gasteiger partial charge in [-0.2, -0.15) is 15.1 Å². The molecule has 1 unspecified atom stereocenters. The van der Waals surface area contributed by atoms with E-state index in [2.05, 4.69) is 32.0 Å². The monoisotopic (exact) mass is 267 g/mol. The van der Waals surface area contributed by atoms with Crippen LogP contribution in [0.1, 0.15) is 13.3 Å². The molecule has 6 nitrogen and oxygen atoms in total. The standard InChI is InChI=1S/C11H14ClN5O/c1-7-6-17(3-2-4-18-7)10-8-5-13-16-9(8)14-11(12)15-10/h5,7H,2-4,6H2,1H3,(H,13,14,15,16). The first-order valence-corrected chi connectivity index (χ1v) is 6.35. The summed E-state index contributed by atoms with van der Waals surface area (Å²) in [6, 6.07) is 0. The molecule has 2 aromatic heterocycles. The van der Waals surface area contributed by atoms with Gasteiger partial charge in [-0.15, -0.1) is 0 Å². The van der Waals surface area contributed by atoms with Crippen molar-refractivity contribution in [2.75, 3.05) is 24.6 Å². The molecule has 1 aliphatic rings. The van der Waals surface area contributed by atoms with Crippen molar-refractivity contribution in [2.45, 2.75) is 19.4 Å². The van der Waals surface area contributed by atoms with E-state index in [0.717, 1.165) is 37.3 Å². The van der Waals surface area contributed by atoms with Crippen LogP contribution in [0.4, 0.5) is 5.82 Å². The first-order valence-electron chi connectivity index (χ1n) is 5.97. The van der Waals surface area contributed by atoms with E-state index < -0.39 is 0 Å². The Balaban J connectivity index is 2.03. The summed E-state index contributed by atoms with van der Waals surface area (Å²) in [6.07, 6.45) is 2.89. The minimum absolute atomic E-state index is 0.184. The number of nitrogens with zero attached hydrogens (tertiary/aromatic N) is 4. The molecule has 0 amide bonds. The molecule has 18 heavy (non-hydrogen) atoms. The van der Waals surface area contributed by atoms with Gasteiger partial charge < -0.3 is 9.64 Å². The maximum atomic E-state index is 5.95. The maximum Gasteiger partial charge on any atom is 0.226 e. The van der Waals surface area contributed by atoms with E-state index in [4.69, 9.17) is 16.3 Å². The number of aromatic nitrogens is 4. The quantitative estimate of drug-likeness (QED) is 0.796. The molecule has 1 fully saturated rings. The van der Waals surface area contributed by atoms with Crippen LogP contribution in [0.25, 0.3) is 11.0 Å². The lowest BCUT2D eigenvalue weighted by Crippen LogP contribution is -2.31. The number of ether oxygens (including phenoxy) is 1. The largest absolute Gasteiger partial charge is 0.377 e. The van der Waals surface area contributed by atoms with Crippen LogP contribution in [0.3, 0.4) is 0 Å². The molecule has 1 atom stereocenters. The Hall–Kier alpha value is -1.40. The predicted octanol–water partition coefficient (Wildman–Crippen LogP) is 1.62. The third kappa shape index (κ3) is 2.13. The molecule has 0 spiro atoms. The summed E-state index contributed by atoms with van der Waals surface area (Å²) in [5, 5.41) is 7.95. The number of rotatable bonds is 1. The van der Waals surface area contributed by atoms with Crippen molar-refractivity contribution in [3.8, 4) is 0 Å². The van der Waals surface area contributed by atoms with Gasteiger partial charge in [0, 0.05) is 19.7 Å². The Morgan fingerprint density at radius 1 is 1.50 bits per heavy atom. The van der Waals surface area contributed by atoms with E-state index in [1.54, 1.807) is 6.20 Å². The maximum absolute atomic E-state index is 5.95. The smallest absolute Gasteiger partial charge is 0.226 e. The van der Waals surface area contributed by atoms with Crippen molar-refractivity contribution in [1.82, 2.24) is 20.2 Å². The second-order valence-electron chi connectivity index (χ2n) is 4.43. The van der Waals surface area contributed by atoms with Gasteiger partial charge in [0.2, 0.25) is 5.28 Å². The zero-order valence-corrected chi connectivity index (χ0v) is 10.8.